The number of ether oxygens (including phenoxy) is 1. The number of benzene rings is 3. The normalized spacial score (nSPS) is 14.3. The highest BCUT2D eigenvalue weighted by molar-refractivity contribution is 7.99. The van der Waals surface area contributed by atoms with E-state index in [1.807, 2.05) is 54.1 Å². The van der Waals surface area contributed by atoms with Gasteiger partial charge in [0.25, 0.3) is 11.8 Å². The van der Waals surface area contributed by atoms with E-state index in [0.29, 0.717) is 28.7 Å². The minimum atomic E-state index is -0.358. The minimum Gasteiger partial charge on any atom is -0.496 e. The van der Waals surface area contributed by atoms with E-state index >= 15 is 0 Å². The second-order valence-corrected chi connectivity index (χ2v) is 12.5. The Labute approximate surface area is 274 Å². The van der Waals surface area contributed by atoms with E-state index in [4.69, 9.17) is 9.84 Å². The van der Waals surface area contributed by atoms with Crippen molar-refractivity contribution in [3.05, 3.63) is 123 Å². The number of methoxy groups -OCH3 is 1. The van der Waals surface area contributed by atoms with Crippen LogP contribution in [0.15, 0.2) is 94.5 Å². The van der Waals surface area contributed by atoms with Crippen molar-refractivity contribution in [1.82, 2.24) is 25.1 Å². The molecule has 1 N–H and O–H groups in total. The number of nitrogens with zero attached hydrogens (tertiary/aromatic N) is 5. The molecule has 0 fully saturated rings. The number of nitrogens with one attached hydrogen (secondary N) is 1. The largest absolute Gasteiger partial charge is 0.496 e. The molecule has 46 heavy (non-hydrogen) atoms. The van der Waals surface area contributed by atoms with Gasteiger partial charge in [-0.25, -0.2) is 9.40 Å². The van der Waals surface area contributed by atoms with Gasteiger partial charge in [0.2, 0.25) is 0 Å². The van der Waals surface area contributed by atoms with Crippen LogP contribution in [0, 0.1) is 19.7 Å². The molecule has 5 aromatic rings. The van der Waals surface area contributed by atoms with Crippen LogP contribution in [0.2, 0.25) is 0 Å². The molecule has 3 heterocycles. The molecule has 2 amide bonds. The van der Waals surface area contributed by atoms with E-state index in [9.17, 15) is 14.0 Å². The van der Waals surface area contributed by atoms with Crippen molar-refractivity contribution >= 4 is 40.6 Å². The van der Waals surface area contributed by atoms with Crippen molar-refractivity contribution in [1.29, 1.82) is 0 Å². The fourth-order valence-electron chi connectivity index (χ4n) is 5.28. The zero-order valence-corrected chi connectivity index (χ0v) is 27.1. The van der Waals surface area contributed by atoms with Gasteiger partial charge in [0.1, 0.15) is 11.6 Å². The lowest BCUT2D eigenvalue weighted by molar-refractivity contribution is -0.130. The van der Waals surface area contributed by atoms with E-state index in [1.54, 1.807) is 47.7 Å². The first-order chi connectivity index (χ1) is 22.3. The van der Waals surface area contributed by atoms with Crippen molar-refractivity contribution < 1.29 is 18.7 Å². The molecule has 1 aliphatic heterocycles. The molecule has 0 saturated carbocycles. The molecule has 1 unspecified atom stereocenters. The number of amides is 2. The number of aromatic nitrogens is 3. The van der Waals surface area contributed by atoms with Crippen molar-refractivity contribution in [3.8, 4) is 11.4 Å². The summed E-state index contributed by atoms with van der Waals surface area (Å²) >= 11 is 2.81. The molecule has 2 aromatic heterocycles. The molecule has 0 saturated heterocycles. The summed E-state index contributed by atoms with van der Waals surface area (Å²) in [4.78, 5) is 27.9. The smallest absolute Gasteiger partial charge is 0.255 e. The van der Waals surface area contributed by atoms with Crippen LogP contribution in [0.25, 0.3) is 5.69 Å². The fraction of sp³-hybridized carbons (Fsp3) is 0.206. The van der Waals surface area contributed by atoms with E-state index in [-0.39, 0.29) is 36.0 Å². The van der Waals surface area contributed by atoms with E-state index in [0.717, 1.165) is 33.0 Å². The third kappa shape index (κ3) is 6.44. The molecule has 0 aliphatic carbocycles. The predicted molar refractivity (Wildman–Crippen MR) is 177 cm³/mol. The van der Waals surface area contributed by atoms with Crippen LogP contribution in [0.5, 0.6) is 5.75 Å². The quantitative estimate of drug-likeness (QED) is 0.173. The van der Waals surface area contributed by atoms with Gasteiger partial charge >= 0.3 is 0 Å². The lowest BCUT2D eigenvalue weighted by Crippen LogP contribution is -2.28. The number of hydrogen-bond donors (Lipinski definition) is 1. The van der Waals surface area contributed by atoms with Crippen molar-refractivity contribution in [2.45, 2.75) is 38.0 Å². The Morgan fingerprint density at radius 3 is 2.59 bits per heavy atom. The summed E-state index contributed by atoms with van der Waals surface area (Å²) in [5.41, 5.74) is 4.98. The number of rotatable bonds is 10. The number of aryl methyl sites for hydroxylation is 1. The average Bonchev–Trinajstić information content (AvgIpc) is 3.85. The summed E-state index contributed by atoms with van der Waals surface area (Å²) in [6, 6.07) is 22.7. The van der Waals surface area contributed by atoms with E-state index < -0.39 is 0 Å². The third-order valence-corrected chi connectivity index (χ3v) is 9.66. The highest BCUT2D eigenvalue weighted by atomic mass is 32.2. The molecule has 3 aromatic carbocycles. The standard InChI is InChI=1S/C34H31FN6O3S2/c1-21-8-6-10-27(22(21)2)40-31(19-36-33(43)25-9-4-5-11-29(25)44-3)37-38-34(40)46-20-32(42)41-28(23-13-15-24(35)16-14-23)18-26(39-41)30-12-7-17-45-30/h4-17,28H,18-20H2,1-3H3,(H,36,43). The lowest BCUT2D eigenvalue weighted by Gasteiger charge is -2.22. The number of thioether (sulfide) groups is 1. The number of hydrazone groups is 1. The Morgan fingerprint density at radius 1 is 1.02 bits per heavy atom. The average molecular weight is 655 g/mol. The summed E-state index contributed by atoms with van der Waals surface area (Å²) in [7, 11) is 1.52. The fourth-order valence-corrected chi connectivity index (χ4v) is 6.82. The molecule has 1 aliphatic rings. The van der Waals surface area contributed by atoms with Crippen molar-refractivity contribution in [2.75, 3.05) is 12.9 Å². The Kier molecular flexibility index (Phi) is 9.27. The molecule has 1 atom stereocenters. The van der Waals surface area contributed by atoms with Crippen molar-refractivity contribution in [2.24, 2.45) is 5.10 Å². The van der Waals surface area contributed by atoms with Crippen LogP contribution >= 0.6 is 23.1 Å². The lowest BCUT2D eigenvalue weighted by atomic mass is 10.0. The van der Waals surface area contributed by atoms with Gasteiger partial charge in [0.05, 0.1) is 47.3 Å². The Balaban J connectivity index is 1.26. The number of halogens is 1. The number of carbonyl (C=O) groups is 2. The summed E-state index contributed by atoms with van der Waals surface area (Å²) in [5, 5.41) is 20.5. The number of hydrogen-bond acceptors (Lipinski definition) is 8. The Hall–Kier alpha value is -4.81. The van der Waals surface area contributed by atoms with Crippen LogP contribution < -0.4 is 10.1 Å². The number of carbonyl (C=O) groups excluding carboxylic acids is 2. The summed E-state index contributed by atoms with van der Waals surface area (Å²) in [5.74, 6) is 0.155. The Bertz CT molecular complexity index is 1910. The molecular formula is C34H31FN6O3S2. The first-order valence-corrected chi connectivity index (χ1v) is 16.4. The number of para-hydroxylation sites is 1. The second kappa shape index (κ2) is 13.7. The molecule has 12 heteroatoms. The second-order valence-electron chi connectivity index (χ2n) is 10.7. The zero-order valence-electron chi connectivity index (χ0n) is 25.4. The van der Waals surface area contributed by atoms with E-state index in [1.165, 1.54) is 36.0 Å². The summed E-state index contributed by atoms with van der Waals surface area (Å²) in [6.45, 7) is 4.13. The van der Waals surface area contributed by atoms with Crippen molar-refractivity contribution in [3.63, 3.8) is 0 Å². The molecular weight excluding hydrogens is 624 g/mol. The number of thiophene rings is 1. The van der Waals surface area contributed by atoms with Gasteiger partial charge < -0.3 is 10.1 Å². The van der Waals surface area contributed by atoms with Crippen LogP contribution in [-0.2, 0) is 11.3 Å². The van der Waals surface area contributed by atoms with Gasteiger partial charge in [-0.05, 0) is 72.3 Å². The van der Waals surface area contributed by atoms with Crippen LogP contribution in [0.3, 0.4) is 0 Å². The molecule has 0 radical (unpaired) electrons. The van der Waals surface area contributed by atoms with Crippen LogP contribution in [0.4, 0.5) is 4.39 Å². The molecule has 6 rings (SSSR count). The molecule has 0 bridgehead atoms. The Morgan fingerprint density at radius 2 is 1.83 bits per heavy atom. The topological polar surface area (TPSA) is 102 Å². The SMILES string of the molecule is COc1ccccc1C(=O)NCc1nnc(SCC(=O)N2N=C(c3cccs3)CC2c2ccc(F)cc2)n1-c1cccc(C)c1C. The third-order valence-electron chi connectivity index (χ3n) is 7.83. The summed E-state index contributed by atoms with van der Waals surface area (Å²) in [6.07, 6.45) is 0.525. The van der Waals surface area contributed by atoms with Gasteiger partial charge in [0, 0.05) is 6.42 Å². The van der Waals surface area contributed by atoms with Gasteiger partial charge in [-0.3, -0.25) is 14.2 Å². The van der Waals surface area contributed by atoms with Gasteiger partial charge in [-0.1, -0.05) is 54.2 Å². The predicted octanol–water partition coefficient (Wildman–Crippen LogP) is 6.49. The van der Waals surface area contributed by atoms with Gasteiger partial charge in [-0.2, -0.15) is 5.10 Å². The maximum atomic E-state index is 13.8. The zero-order chi connectivity index (χ0) is 32.2. The highest BCUT2D eigenvalue weighted by Gasteiger charge is 2.34. The van der Waals surface area contributed by atoms with Gasteiger partial charge in [0.15, 0.2) is 11.0 Å². The minimum absolute atomic E-state index is 0.0372. The first-order valence-electron chi connectivity index (χ1n) is 14.6. The van der Waals surface area contributed by atoms with E-state index in [2.05, 4.69) is 15.5 Å². The van der Waals surface area contributed by atoms with Crippen LogP contribution in [0.1, 0.15) is 50.2 Å². The maximum absolute atomic E-state index is 13.8. The molecule has 234 valence electrons. The highest BCUT2D eigenvalue weighted by Crippen LogP contribution is 2.35. The summed E-state index contributed by atoms with van der Waals surface area (Å²) < 4.78 is 21.0. The molecule has 0 spiro atoms. The maximum Gasteiger partial charge on any atom is 0.255 e. The van der Waals surface area contributed by atoms with Gasteiger partial charge in [-0.15, -0.1) is 21.5 Å². The monoisotopic (exact) mass is 654 g/mol. The van der Waals surface area contributed by atoms with Crippen LogP contribution in [-0.4, -0.2) is 50.2 Å². The first kappa shape index (κ1) is 31.2. The molecule has 9 nitrogen and oxygen atoms in total.